The van der Waals surface area contributed by atoms with Crippen LogP contribution in [0.4, 0.5) is 0 Å². The lowest BCUT2D eigenvalue weighted by Crippen LogP contribution is -2.01. The minimum atomic E-state index is -0.342. The van der Waals surface area contributed by atoms with Crippen LogP contribution in [-0.2, 0) is 11.2 Å². The van der Waals surface area contributed by atoms with Crippen molar-refractivity contribution < 1.29 is 9.53 Å². The first-order chi connectivity index (χ1) is 7.79. The average Bonchev–Trinajstić information content (AvgIpc) is 2.82. The van der Waals surface area contributed by atoms with Crippen molar-refractivity contribution in [3.05, 3.63) is 41.2 Å². The standard InChI is InChI=1S/C10H10N4O2/c1-16-10(15)8-4-2-7(3-5-8)6-9-11-13-14-12-9/h2-5H,6H2,1H3,(H,11,12,13,14). The second kappa shape index (κ2) is 4.52. The molecule has 0 spiro atoms. The van der Waals surface area contributed by atoms with Crippen molar-refractivity contribution in [3.8, 4) is 0 Å². The smallest absolute Gasteiger partial charge is 0.337 e. The maximum atomic E-state index is 11.2. The molecule has 1 heterocycles. The van der Waals surface area contributed by atoms with Crippen LogP contribution in [-0.4, -0.2) is 33.7 Å². The van der Waals surface area contributed by atoms with Gasteiger partial charge in [-0.1, -0.05) is 17.3 Å². The lowest BCUT2D eigenvalue weighted by molar-refractivity contribution is 0.0600. The van der Waals surface area contributed by atoms with Crippen LogP contribution in [0.15, 0.2) is 24.3 Å². The Balaban J connectivity index is 2.10. The van der Waals surface area contributed by atoms with Crippen LogP contribution in [0.3, 0.4) is 0 Å². The van der Waals surface area contributed by atoms with Crippen LogP contribution in [0.2, 0.25) is 0 Å². The molecule has 0 radical (unpaired) electrons. The molecule has 1 aromatic carbocycles. The Kier molecular flexibility index (Phi) is 2.90. The first-order valence-electron chi connectivity index (χ1n) is 4.69. The average molecular weight is 218 g/mol. The van der Waals surface area contributed by atoms with Gasteiger partial charge in [-0.15, -0.1) is 10.2 Å². The number of rotatable bonds is 3. The molecule has 6 nitrogen and oxygen atoms in total. The van der Waals surface area contributed by atoms with E-state index in [1.807, 2.05) is 12.1 Å². The fourth-order valence-electron chi connectivity index (χ4n) is 1.32. The highest BCUT2D eigenvalue weighted by Crippen LogP contribution is 2.08. The van der Waals surface area contributed by atoms with E-state index in [0.29, 0.717) is 17.8 Å². The minimum Gasteiger partial charge on any atom is -0.465 e. The number of esters is 1. The number of aromatic amines is 1. The van der Waals surface area contributed by atoms with Crippen LogP contribution >= 0.6 is 0 Å². The third kappa shape index (κ3) is 2.22. The molecule has 2 aromatic rings. The Morgan fingerprint density at radius 1 is 1.38 bits per heavy atom. The lowest BCUT2D eigenvalue weighted by Gasteiger charge is -2.00. The molecule has 0 saturated carbocycles. The monoisotopic (exact) mass is 218 g/mol. The summed E-state index contributed by atoms with van der Waals surface area (Å²) in [4.78, 5) is 11.2. The van der Waals surface area contributed by atoms with E-state index >= 15 is 0 Å². The molecule has 6 heteroatoms. The molecule has 0 fully saturated rings. The van der Waals surface area contributed by atoms with Gasteiger partial charge >= 0.3 is 5.97 Å². The number of carbonyl (C=O) groups is 1. The summed E-state index contributed by atoms with van der Waals surface area (Å²) in [7, 11) is 1.36. The molecule has 0 aliphatic heterocycles. The molecule has 82 valence electrons. The highest BCUT2D eigenvalue weighted by molar-refractivity contribution is 5.89. The van der Waals surface area contributed by atoms with E-state index < -0.39 is 0 Å². The quantitative estimate of drug-likeness (QED) is 0.762. The maximum Gasteiger partial charge on any atom is 0.337 e. The summed E-state index contributed by atoms with van der Waals surface area (Å²) < 4.78 is 4.60. The number of tetrazole rings is 1. The zero-order valence-electron chi connectivity index (χ0n) is 8.67. The summed E-state index contributed by atoms with van der Waals surface area (Å²) in [6, 6.07) is 7.09. The highest BCUT2D eigenvalue weighted by Gasteiger charge is 2.05. The van der Waals surface area contributed by atoms with Gasteiger partial charge in [-0.2, -0.15) is 5.21 Å². The topological polar surface area (TPSA) is 80.8 Å². The molecule has 0 saturated heterocycles. The van der Waals surface area contributed by atoms with E-state index in [9.17, 15) is 4.79 Å². The number of benzene rings is 1. The van der Waals surface area contributed by atoms with E-state index in [0.717, 1.165) is 5.56 Å². The van der Waals surface area contributed by atoms with Gasteiger partial charge in [0.2, 0.25) is 0 Å². The number of hydrogen-bond donors (Lipinski definition) is 1. The van der Waals surface area contributed by atoms with Gasteiger partial charge in [0.05, 0.1) is 12.7 Å². The molecular weight excluding hydrogens is 208 g/mol. The molecule has 1 aromatic heterocycles. The van der Waals surface area contributed by atoms with E-state index in [4.69, 9.17) is 0 Å². The van der Waals surface area contributed by atoms with Crippen LogP contribution in [0.1, 0.15) is 21.7 Å². The van der Waals surface area contributed by atoms with Crippen molar-refractivity contribution in [3.63, 3.8) is 0 Å². The summed E-state index contributed by atoms with van der Waals surface area (Å²) in [6.07, 6.45) is 0.581. The Morgan fingerprint density at radius 3 is 2.69 bits per heavy atom. The Hall–Kier alpha value is -2.24. The fraction of sp³-hybridized carbons (Fsp3) is 0.200. The minimum absolute atomic E-state index is 0.342. The van der Waals surface area contributed by atoms with E-state index in [2.05, 4.69) is 25.4 Å². The molecule has 0 amide bonds. The molecule has 1 N–H and O–H groups in total. The summed E-state index contributed by atoms with van der Waals surface area (Å²) in [6.45, 7) is 0. The predicted octanol–water partition coefficient (Wildman–Crippen LogP) is 0.577. The first kappa shape index (κ1) is 10.3. The van der Waals surface area contributed by atoms with Crippen LogP contribution < -0.4 is 0 Å². The first-order valence-corrected chi connectivity index (χ1v) is 4.69. The van der Waals surface area contributed by atoms with Gasteiger partial charge in [-0.3, -0.25) is 0 Å². The number of methoxy groups -OCH3 is 1. The number of ether oxygens (including phenoxy) is 1. The summed E-state index contributed by atoms with van der Waals surface area (Å²) in [5.74, 6) is 0.275. The van der Waals surface area contributed by atoms with Gasteiger partial charge < -0.3 is 4.74 Å². The van der Waals surface area contributed by atoms with Crippen LogP contribution in [0, 0.1) is 0 Å². The number of aromatic nitrogens is 4. The zero-order valence-corrected chi connectivity index (χ0v) is 8.67. The largest absolute Gasteiger partial charge is 0.465 e. The summed E-state index contributed by atoms with van der Waals surface area (Å²) in [5.41, 5.74) is 1.54. The Morgan fingerprint density at radius 2 is 2.12 bits per heavy atom. The number of nitrogens with zero attached hydrogens (tertiary/aromatic N) is 3. The third-order valence-electron chi connectivity index (χ3n) is 2.13. The lowest BCUT2D eigenvalue weighted by atomic mass is 10.1. The van der Waals surface area contributed by atoms with Gasteiger partial charge in [0.1, 0.15) is 0 Å². The number of nitrogens with one attached hydrogen (secondary N) is 1. The molecule has 2 rings (SSSR count). The van der Waals surface area contributed by atoms with Crippen molar-refractivity contribution in [2.24, 2.45) is 0 Å². The Labute approximate surface area is 91.6 Å². The zero-order chi connectivity index (χ0) is 11.4. The normalized spacial score (nSPS) is 10.1. The maximum absolute atomic E-state index is 11.2. The molecule has 0 bridgehead atoms. The van der Waals surface area contributed by atoms with Crippen molar-refractivity contribution in [1.82, 2.24) is 20.6 Å². The van der Waals surface area contributed by atoms with Gasteiger partial charge in [-0.25, -0.2) is 4.79 Å². The summed E-state index contributed by atoms with van der Waals surface area (Å²) >= 11 is 0. The summed E-state index contributed by atoms with van der Waals surface area (Å²) in [5, 5.41) is 13.5. The molecule has 0 aliphatic rings. The molecule has 0 atom stereocenters. The van der Waals surface area contributed by atoms with E-state index in [1.54, 1.807) is 12.1 Å². The van der Waals surface area contributed by atoms with E-state index in [-0.39, 0.29) is 5.97 Å². The van der Waals surface area contributed by atoms with Crippen molar-refractivity contribution in [2.75, 3.05) is 7.11 Å². The molecule has 0 aliphatic carbocycles. The van der Waals surface area contributed by atoms with Gasteiger partial charge in [0.15, 0.2) is 5.82 Å². The Bertz CT molecular complexity index is 464. The number of H-pyrrole nitrogens is 1. The SMILES string of the molecule is COC(=O)c1ccc(Cc2nn[nH]n2)cc1. The fourth-order valence-corrected chi connectivity index (χ4v) is 1.32. The third-order valence-corrected chi connectivity index (χ3v) is 2.13. The van der Waals surface area contributed by atoms with Crippen molar-refractivity contribution in [1.29, 1.82) is 0 Å². The van der Waals surface area contributed by atoms with Gasteiger partial charge in [-0.05, 0) is 17.7 Å². The second-order valence-corrected chi connectivity index (χ2v) is 3.19. The number of hydrogen-bond acceptors (Lipinski definition) is 5. The predicted molar refractivity (Wildman–Crippen MR) is 54.8 cm³/mol. The molecular formula is C10H10N4O2. The van der Waals surface area contributed by atoms with Crippen LogP contribution in [0.25, 0.3) is 0 Å². The van der Waals surface area contributed by atoms with Gasteiger partial charge in [0.25, 0.3) is 0 Å². The molecule has 0 unspecified atom stereocenters. The number of carbonyl (C=O) groups excluding carboxylic acids is 1. The second-order valence-electron chi connectivity index (χ2n) is 3.19. The van der Waals surface area contributed by atoms with Gasteiger partial charge in [0, 0.05) is 6.42 Å². The molecule has 16 heavy (non-hydrogen) atoms. The highest BCUT2D eigenvalue weighted by atomic mass is 16.5. The van der Waals surface area contributed by atoms with E-state index in [1.165, 1.54) is 7.11 Å². The van der Waals surface area contributed by atoms with Crippen molar-refractivity contribution >= 4 is 5.97 Å². The van der Waals surface area contributed by atoms with Crippen molar-refractivity contribution in [2.45, 2.75) is 6.42 Å². The van der Waals surface area contributed by atoms with Crippen LogP contribution in [0.5, 0.6) is 0 Å².